The Bertz CT molecular complexity index is 733. The molecule has 1 amide bonds. The molecule has 2 unspecified atom stereocenters. The summed E-state index contributed by atoms with van der Waals surface area (Å²) in [6.45, 7) is 6.91. The first kappa shape index (κ1) is 16.4. The van der Waals surface area contributed by atoms with Gasteiger partial charge in [-0.05, 0) is 32.9 Å². The van der Waals surface area contributed by atoms with Gasteiger partial charge in [0.2, 0.25) is 0 Å². The van der Waals surface area contributed by atoms with Crippen molar-refractivity contribution in [1.29, 1.82) is 0 Å². The van der Waals surface area contributed by atoms with E-state index in [-0.39, 0.29) is 18.1 Å². The molecule has 0 N–H and O–H groups in total. The van der Waals surface area contributed by atoms with Crippen LogP contribution in [0.5, 0.6) is 5.75 Å². The van der Waals surface area contributed by atoms with Crippen molar-refractivity contribution in [1.82, 2.24) is 19.9 Å². The molecule has 1 aromatic heterocycles. The lowest BCUT2D eigenvalue weighted by atomic mass is 10.2. The van der Waals surface area contributed by atoms with Gasteiger partial charge in [0.25, 0.3) is 5.91 Å². The van der Waals surface area contributed by atoms with Crippen molar-refractivity contribution in [2.45, 2.75) is 33.0 Å². The zero-order chi connectivity index (χ0) is 17.3. The molecule has 3 rings (SSSR count). The van der Waals surface area contributed by atoms with Crippen LogP contribution in [0, 0.1) is 6.92 Å². The Morgan fingerprint density at radius 1 is 1.29 bits per heavy atom. The van der Waals surface area contributed by atoms with Crippen molar-refractivity contribution >= 4 is 5.91 Å². The highest BCUT2D eigenvalue weighted by molar-refractivity contribution is 5.93. The molecule has 0 aliphatic carbocycles. The number of methoxy groups -OCH3 is 1. The van der Waals surface area contributed by atoms with Crippen LogP contribution in [0.1, 0.15) is 30.0 Å². The van der Waals surface area contributed by atoms with Crippen LogP contribution in [-0.4, -0.2) is 58.2 Å². The fraction of sp³-hybridized carbons (Fsp3) is 0.471. The molecule has 2 heterocycles. The summed E-state index contributed by atoms with van der Waals surface area (Å²) >= 11 is 0. The summed E-state index contributed by atoms with van der Waals surface area (Å²) in [6.07, 6.45) is 0.0397. The van der Waals surface area contributed by atoms with Gasteiger partial charge in [-0.15, -0.1) is 5.10 Å². The van der Waals surface area contributed by atoms with E-state index in [2.05, 4.69) is 10.3 Å². The highest BCUT2D eigenvalue weighted by Gasteiger charge is 2.29. The summed E-state index contributed by atoms with van der Waals surface area (Å²) in [5, 5.41) is 8.26. The molecule has 1 aliphatic heterocycles. The summed E-state index contributed by atoms with van der Waals surface area (Å²) in [7, 11) is 1.61. The molecule has 0 spiro atoms. The van der Waals surface area contributed by atoms with Gasteiger partial charge in [-0.1, -0.05) is 11.3 Å². The van der Waals surface area contributed by atoms with Crippen LogP contribution < -0.4 is 4.74 Å². The van der Waals surface area contributed by atoms with E-state index in [1.807, 2.05) is 45.0 Å². The molecule has 1 aliphatic rings. The highest BCUT2D eigenvalue weighted by atomic mass is 16.5. The molecular formula is C17H22N4O3. The maximum Gasteiger partial charge on any atom is 0.276 e. The van der Waals surface area contributed by atoms with E-state index < -0.39 is 0 Å². The van der Waals surface area contributed by atoms with Gasteiger partial charge < -0.3 is 14.4 Å². The van der Waals surface area contributed by atoms with Gasteiger partial charge in [0, 0.05) is 19.2 Å². The van der Waals surface area contributed by atoms with Crippen LogP contribution in [0.4, 0.5) is 0 Å². The SMILES string of the molecule is COc1cccc(-n2nnc(C(=O)N3CC(C)OC(C)C3)c2C)c1. The zero-order valence-electron chi connectivity index (χ0n) is 14.4. The molecule has 7 nitrogen and oxygen atoms in total. The quantitative estimate of drug-likeness (QED) is 0.859. The van der Waals surface area contributed by atoms with Crippen LogP contribution in [0.25, 0.3) is 5.69 Å². The Morgan fingerprint density at radius 3 is 2.67 bits per heavy atom. The first-order chi connectivity index (χ1) is 11.5. The summed E-state index contributed by atoms with van der Waals surface area (Å²) in [4.78, 5) is 14.6. The summed E-state index contributed by atoms with van der Waals surface area (Å²) in [6, 6.07) is 7.49. The minimum atomic E-state index is -0.108. The van der Waals surface area contributed by atoms with Gasteiger partial charge in [-0.3, -0.25) is 4.79 Å². The lowest BCUT2D eigenvalue weighted by Crippen LogP contribution is -2.48. The third-order valence-corrected chi connectivity index (χ3v) is 4.10. The molecule has 0 radical (unpaired) electrons. The van der Waals surface area contributed by atoms with Gasteiger partial charge in [0.1, 0.15) is 5.75 Å². The Hall–Kier alpha value is -2.41. The summed E-state index contributed by atoms with van der Waals surface area (Å²) < 4.78 is 12.6. The van der Waals surface area contributed by atoms with Crippen LogP contribution >= 0.6 is 0 Å². The van der Waals surface area contributed by atoms with Crippen LogP contribution in [-0.2, 0) is 4.74 Å². The van der Waals surface area contributed by atoms with E-state index in [1.165, 1.54) is 0 Å². The number of aromatic nitrogens is 3. The number of carbonyl (C=O) groups excluding carboxylic acids is 1. The lowest BCUT2D eigenvalue weighted by Gasteiger charge is -2.34. The largest absolute Gasteiger partial charge is 0.497 e. The van der Waals surface area contributed by atoms with Gasteiger partial charge in [-0.25, -0.2) is 4.68 Å². The molecule has 0 bridgehead atoms. The van der Waals surface area contributed by atoms with Crippen molar-refractivity contribution in [2.24, 2.45) is 0 Å². The molecule has 7 heteroatoms. The monoisotopic (exact) mass is 330 g/mol. The maximum atomic E-state index is 12.8. The molecule has 1 fully saturated rings. The van der Waals surface area contributed by atoms with Crippen molar-refractivity contribution in [2.75, 3.05) is 20.2 Å². The Balaban J connectivity index is 1.88. The van der Waals surface area contributed by atoms with Crippen molar-refractivity contribution in [3.63, 3.8) is 0 Å². The third kappa shape index (κ3) is 3.12. The predicted octanol–water partition coefficient (Wildman–Crippen LogP) is 1.83. The van der Waals surface area contributed by atoms with Crippen LogP contribution in [0.2, 0.25) is 0 Å². The fourth-order valence-corrected chi connectivity index (χ4v) is 3.01. The number of rotatable bonds is 3. The van der Waals surface area contributed by atoms with E-state index in [0.717, 1.165) is 11.4 Å². The lowest BCUT2D eigenvalue weighted by molar-refractivity contribution is -0.0587. The second kappa shape index (κ2) is 6.60. The first-order valence-corrected chi connectivity index (χ1v) is 8.01. The smallest absolute Gasteiger partial charge is 0.276 e. The van der Waals surface area contributed by atoms with E-state index in [1.54, 1.807) is 16.7 Å². The van der Waals surface area contributed by atoms with Crippen molar-refractivity contribution in [3.8, 4) is 11.4 Å². The fourth-order valence-electron chi connectivity index (χ4n) is 3.01. The minimum Gasteiger partial charge on any atom is -0.497 e. The van der Waals surface area contributed by atoms with Crippen molar-refractivity contribution in [3.05, 3.63) is 35.7 Å². The number of morpholine rings is 1. The molecule has 24 heavy (non-hydrogen) atoms. The van der Waals surface area contributed by atoms with E-state index in [9.17, 15) is 4.79 Å². The van der Waals surface area contributed by atoms with Crippen LogP contribution in [0.3, 0.4) is 0 Å². The van der Waals surface area contributed by atoms with Gasteiger partial charge in [0.15, 0.2) is 5.69 Å². The van der Waals surface area contributed by atoms with E-state index >= 15 is 0 Å². The molecule has 2 aromatic rings. The molecule has 2 atom stereocenters. The first-order valence-electron chi connectivity index (χ1n) is 8.01. The standard InChI is InChI=1S/C17H22N4O3/c1-11-9-20(10-12(2)24-11)17(22)16-13(3)21(19-18-16)14-6-5-7-15(8-14)23-4/h5-8,11-12H,9-10H2,1-4H3. The third-order valence-electron chi connectivity index (χ3n) is 4.10. The Labute approximate surface area is 141 Å². The Kier molecular flexibility index (Phi) is 4.53. The Morgan fingerprint density at radius 2 is 2.00 bits per heavy atom. The number of hydrogen-bond donors (Lipinski definition) is 0. The molecule has 0 saturated carbocycles. The van der Waals surface area contributed by atoms with Gasteiger partial charge in [0.05, 0.1) is 30.7 Å². The number of amides is 1. The molecular weight excluding hydrogens is 308 g/mol. The van der Waals surface area contributed by atoms with E-state index in [0.29, 0.717) is 24.5 Å². The van der Waals surface area contributed by atoms with E-state index in [4.69, 9.17) is 9.47 Å². The number of carbonyl (C=O) groups is 1. The number of ether oxygens (including phenoxy) is 2. The predicted molar refractivity (Wildman–Crippen MR) is 88.6 cm³/mol. The molecule has 1 saturated heterocycles. The average molecular weight is 330 g/mol. The minimum absolute atomic E-state index is 0.0198. The topological polar surface area (TPSA) is 69.5 Å². The zero-order valence-corrected chi connectivity index (χ0v) is 14.4. The second-order valence-corrected chi connectivity index (χ2v) is 6.10. The number of benzene rings is 1. The van der Waals surface area contributed by atoms with Gasteiger partial charge >= 0.3 is 0 Å². The van der Waals surface area contributed by atoms with Crippen LogP contribution in [0.15, 0.2) is 24.3 Å². The highest BCUT2D eigenvalue weighted by Crippen LogP contribution is 2.20. The van der Waals surface area contributed by atoms with Gasteiger partial charge in [-0.2, -0.15) is 0 Å². The van der Waals surface area contributed by atoms with Crippen molar-refractivity contribution < 1.29 is 14.3 Å². The number of nitrogens with zero attached hydrogens (tertiary/aromatic N) is 4. The maximum absolute atomic E-state index is 12.8. The normalized spacial score (nSPS) is 20.9. The summed E-state index contributed by atoms with van der Waals surface area (Å²) in [5.74, 6) is 0.620. The second-order valence-electron chi connectivity index (χ2n) is 6.10. The average Bonchev–Trinajstić information content (AvgIpc) is 2.95. The summed E-state index contributed by atoms with van der Waals surface area (Å²) in [5.41, 5.74) is 1.89. The molecule has 1 aromatic carbocycles. The number of hydrogen-bond acceptors (Lipinski definition) is 5. The molecule has 128 valence electrons.